The molecule has 1 aliphatic heterocycles. The lowest BCUT2D eigenvalue weighted by Gasteiger charge is -2.25. The van der Waals surface area contributed by atoms with Crippen LogP contribution >= 0.6 is 23.5 Å². The van der Waals surface area contributed by atoms with Crippen molar-refractivity contribution in [3.05, 3.63) is 42.6 Å². The molecule has 1 N–H and O–H groups in total. The van der Waals surface area contributed by atoms with Crippen molar-refractivity contribution >= 4 is 45.1 Å². The minimum absolute atomic E-state index is 0.151. The Morgan fingerprint density at radius 3 is 2.32 bits per heavy atom. The molecule has 3 rings (SSSR count). The van der Waals surface area contributed by atoms with Crippen LogP contribution in [0.3, 0.4) is 0 Å². The highest BCUT2D eigenvalue weighted by Gasteiger charge is 2.26. The summed E-state index contributed by atoms with van der Waals surface area (Å²) in [5.41, 5.74) is 0.506. The number of thioether (sulfide) groups is 2. The van der Waals surface area contributed by atoms with Crippen molar-refractivity contribution in [3.63, 3.8) is 0 Å². The molecule has 6 nitrogen and oxygen atoms in total. The van der Waals surface area contributed by atoms with Gasteiger partial charge in [0.1, 0.15) is 4.90 Å². The Labute approximate surface area is 189 Å². The first kappa shape index (κ1) is 24.0. The molecule has 11 heteroatoms. The molecule has 168 valence electrons. The minimum Gasteiger partial charge on any atom is -0.325 e. The zero-order valence-corrected chi connectivity index (χ0v) is 19.3. The van der Waals surface area contributed by atoms with Gasteiger partial charge in [-0.2, -0.15) is 13.1 Å². The summed E-state index contributed by atoms with van der Waals surface area (Å²) in [6.45, 7) is 2.76. The van der Waals surface area contributed by atoms with Crippen LogP contribution in [0.4, 0.5) is 14.5 Å². The number of rotatable bonds is 8. The van der Waals surface area contributed by atoms with Gasteiger partial charge in [-0.1, -0.05) is 29.9 Å². The number of alkyl halides is 2. The van der Waals surface area contributed by atoms with Crippen LogP contribution in [0.25, 0.3) is 0 Å². The van der Waals surface area contributed by atoms with Crippen LogP contribution in [0.2, 0.25) is 0 Å². The standard InChI is InChI=1S/C20H23F2N3O3S3/c1-14(19(26)24-15-5-7-16(8-6-15)30-20(21)22)29-18-10-9-17(13-23-18)31(27,28)25-11-3-2-4-12-25/h5-10,13-14,20H,2-4,11-12H2,1H3,(H,24,26). The zero-order chi connectivity index (χ0) is 22.4. The monoisotopic (exact) mass is 487 g/mol. The zero-order valence-electron chi connectivity index (χ0n) is 16.8. The van der Waals surface area contributed by atoms with E-state index in [4.69, 9.17) is 0 Å². The number of hydrogen-bond donors (Lipinski definition) is 1. The Morgan fingerprint density at radius 2 is 1.74 bits per heavy atom. The van der Waals surface area contributed by atoms with Gasteiger partial charge in [0.2, 0.25) is 15.9 Å². The molecular formula is C20H23F2N3O3S3. The van der Waals surface area contributed by atoms with E-state index >= 15 is 0 Å². The van der Waals surface area contributed by atoms with Crippen LogP contribution in [0, 0.1) is 0 Å². The molecule has 1 aliphatic rings. The van der Waals surface area contributed by atoms with E-state index in [1.807, 2.05) is 0 Å². The number of anilines is 1. The molecule has 2 heterocycles. The first-order valence-electron chi connectivity index (χ1n) is 9.74. The van der Waals surface area contributed by atoms with E-state index in [1.54, 1.807) is 25.1 Å². The molecule has 0 aliphatic carbocycles. The van der Waals surface area contributed by atoms with Crippen molar-refractivity contribution in [2.45, 2.75) is 52.0 Å². The summed E-state index contributed by atoms with van der Waals surface area (Å²) < 4.78 is 51.6. The Morgan fingerprint density at radius 1 is 1.06 bits per heavy atom. The van der Waals surface area contributed by atoms with Crippen LogP contribution in [0.1, 0.15) is 26.2 Å². The number of aromatic nitrogens is 1. The average molecular weight is 488 g/mol. The largest absolute Gasteiger partial charge is 0.325 e. The van der Waals surface area contributed by atoms with Crippen LogP contribution in [-0.4, -0.2) is 47.7 Å². The molecular weight excluding hydrogens is 464 g/mol. The van der Waals surface area contributed by atoms with Gasteiger partial charge in [0.15, 0.2) is 0 Å². The quantitative estimate of drug-likeness (QED) is 0.544. The van der Waals surface area contributed by atoms with Gasteiger partial charge in [0.05, 0.1) is 10.3 Å². The highest BCUT2D eigenvalue weighted by Crippen LogP contribution is 2.28. The lowest BCUT2D eigenvalue weighted by molar-refractivity contribution is -0.115. The molecule has 1 unspecified atom stereocenters. The second kappa shape index (κ2) is 10.8. The smallest absolute Gasteiger partial charge is 0.288 e. The van der Waals surface area contributed by atoms with Gasteiger partial charge in [-0.25, -0.2) is 13.4 Å². The number of nitrogens with one attached hydrogen (secondary N) is 1. The molecule has 1 aromatic carbocycles. The molecule has 0 spiro atoms. The van der Waals surface area contributed by atoms with E-state index < -0.39 is 21.0 Å². The molecule has 1 saturated heterocycles. The summed E-state index contributed by atoms with van der Waals surface area (Å²) in [4.78, 5) is 17.2. The fraction of sp³-hybridized carbons (Fsp3) is 0.400. The first-order valence-corrected chi connectivity index (χ1v) is 12.9. The fourth-order valence-corrected chi connectivity index (χ4v) is 5.79. The maximum Gasteiger partial charge on any atom is 0.288 e. The maximum absolute atomic E-state index is 12.7. The number of hydrogen-bond acceptors (Lipinski definition) is 6. The molecule has 1 aromatic heterocycles. The van der Waals surface area contributed by atoms with Crippen molar-refractivity contribution in [1.82, 2.24) is 9.29 Å². The van der Waals surface area contributed by atoms with Gasteiger partial charge in [-0.05, 0) is 56.2 Å². The number of benzene rings is 1. The number of sulfonamides is 1. The molecule has 1 amide bonds. The Bertz CT molecular complexity index is 981. The van der Waals surface area contributed by atoms with Crippen molar-refractivity contribution in [1.29, 1.82) is 0 Å². The molecule has 0 bridgehead atoms. The average Bonchev–Trinajstić information content (AvgIpc) is 2.75. The number of carbonyl (C=O) groups is 1. The van der Waals surface area contributed by atoms with Gasteiger partial charge in [0, 0.05) is 29.9 Å². The number of carbonyl (C=O) groups excluding carboxylic acids is 1. The number of amides is 1. The fourth-order valence-electron chi connectivity index (χ4n) is 3.04. The van der Waals surface area contributed by atoms with Crippen molar-refractivity contribution in [2.24, 2.45) is 0 Å². The SMILES string of the molecule is CC(Sc1ccc(S(=O)(=O)N2CCCCC2)cn1)C(=O)Nc1ccc(SC(F)F)cc1. The highest BCUT2D eigenvalue weighted by atomic mass is 32.2. The lowest BCUT2D eigenvalue weighted by Crippen LogP contribution is -2.35. The van der Waals surface area contributed by atoms with Crippen LogP contribution < -0.4 is 5.32 Å². The Balaban J connectivity index is 1.57. The van der Waals surface area contributed by atoms with Gasteiger partial charge in [-0.15, -0.1) is 0 Å². The second-order valence-corrected chi connectivity index (χ2v) is 11.3. The predicted octanol–water partition coefficient (Wildman–Crippen LogP) is 4.69. The summed E-state index contributed by atoms with van der Waals surface area (Å²) in [7, 11) is -3.54. The number of pyridine rings is 1. The van der Waals surface area contributed by atoms with Crippen molar-refractivity contribution < 1.29 is 22.0 Å². The maximum atomic E-state index is 12.7. The van der Waals surface area contributed by atoms with E-state index in [1.165, 1.54) is 40.5 Å². The molecule has 31 heavy (non-hydrogen) atoms. The summed E-state index contributed by atoms with van der Waals surface area (Å²) >= 11 is 1.64. The number of nitrogens with zero attached hydrogens (tertiary/aromatic N) is 2. The van der Waals surface area contributed by atoms with E-state index in [0.717, 1.165) is 19.3 Å². The van der Waals surface area contributed by atoms with Gasteiger partial charge < -0.3 is 5.32 Å². The Hall–Kier alpha value is -1.69. The summed E-state index contributed by atoms with van der Waals surface area (Å²) in [6.07, 6.45) is 4.09. The summed E-state index contributed by atoms with van der Waals surface area (Å²) in [5, 5.41) is 2.77. The molecule has 1 fully saturated rings. The summed E-state index contributed by atoms with van der Waals surface area (Å²) in [6, 6.07) is 9.29. The third kappa shape index (κ3) is 6.64. The van der Waals surface area contributed by atoms with Crippen LogP contribution in [0.15, 0.2) is 57.4 Å². The van der Waals surface area contributed by atoms with E-state index in [2.05, 4.69) is 10.3 Å². The summed E-state index contributed by atoms with van der Waals surface area (Å²) in [5.74, 6) is -2.77. The predicted molar refractivity (Wildman–Crippen MR) is 119 cm³/mol. The van der Waals surface area contributed by atoms with Crippen molar-refractivity contribution in [3.8, 4) is 0 Å². The van der Waals surface area contributed by atoms with Gasteiger partial charge in [0.25, 0.3) is 5.76 Å². The van der Waals surface area contributed by atoms with Gasteiger partial charge >= 0.3 is 0 Å². The molecule has 1 atom stereocenters. The lowest BCUT2D eigenvalue weighted by atomic mass is 10.2. The number of piperidine rings is 1. The topological polar surface area (TPSA) is 79.4 Å². The second-order valence-electron chi connectivity index (χ2n) is 6.95. The van der Waals surface area contributed by atoms with Crippen LogP contribution in [0.5, 0.6) is 0 Å². The first-order chi connectivity index (χ1) is 14.8. The minimum atomic E-state index is -3.54. The molecule has 0 saturated carbocycles. The molecule has 0 radical (unpaired) electrons. The van der Waals surface area contributed by atoms with E-state index in [0.29, 0.717) is 40.5 Å². The third-order valence-corrected chi connectivity index (χ3v) is 8.33. The highest BCUT2D eigenvalue weighted by molar-refractivity contribution is 8.00. The molecule has 2 aromatic rings. The van der Waals surface area contributed by atoms with Crippen molar-refractivity contribution in [2.75, 3.05) is 18.4 Å². The van der Waals surface area contributed by atoms with E-state index in [9.17, 15) is 22.0 Å². The van der Waals surface area contributed by atoms with Crippen LogP contribution in [-0.2, 0) is 14.8 Å². The Kier molecular flexibility index (Phi) is 8.31. The van der Waals surface area contributed by atoms with E-state index in [-0.39, 0.29) is 10.8 Å². The number of halogens is 2. The normalized spacial score (nSPS) is 16.3. The third-order valence-electron chi connectivity index (χ3n) is 4.68. The van der Waals surface area contributed by atoms with Gasteiger partial charge in [-0.3, -0.25) is 4.79 Å².